The van der Waals surface area contributed by atoms with E-state index in [0.29, 0.717) is 32.8 Å². The third-order valence-electron chi connectivity index (χ3n) is 4.62. The van der Waals surface area contributed by atoms with Crippen molar-refractivity contribution in [3.63, 3.8) is 0 Å². The molecule has 0 aliphatic carbocycles. The summed E-state index contributed by atoms with van der Waals surface area (Å²) in [6.45, 7) is 5.44. The van der Waals surface area contributed by atoms with Crippen LogP contribution in [0.5, 0.6) is 5.75 Å². The van der Waals surface area contributed by atoms with Crippen LogP contribution in [0.1, 0.15) is 11.1 Å². The summed E-state index contributed by atoms with van der Waals surface area (Å²) in [5, 5.41) is 9.18. The third kappa shape index (κ3) is 4.66. The molecule has 1 fully saturated rings. The average molecular weight is 385 g/mol. The molecule has 3 rings (SSSR count). The minimum absolute atomic E-state index is 0.0868. The molecule has 1 aliphatic heterocycles. The molecule has 142 valence electrons. The monoisotopic (exact) mass is 385 g/mol. The van der Waals surface area contributed by atoms with Crippen LogP contribution in [0.4, 0.5) is 0 Å². The SMILES string of the molecule is Cc1cccc(OCCN2CCN(S(=O)(=O)c3ccccc3C#N)CC2)c1. The number of benzene rings is 2. The molecule has 0 aromatic heterocycles. The highest BCUT2D eigenvalue weighted by Crippen LogP contribution is 2.21. The van der Waals surface area contributed by atoms with Crippen molar-refractivity contribution in [3.05, 3.63) is 59.7 Å². The van der Waals surface area contributed by atoms with Gasteiger partial charge < -0.3 is 4.74 Å². The van der Waals surface area contributed by atoms with Crippen LogP contribution in [0.2, 0.25) is 0 Å². The molecule has 1 heterocycles. The molecule has 6 nitrogen and oxygen atoms in total. The first-order valence-corrected chi connectivity index (χ1v) is 10.4. The van der Waals surface area contributed by atoms with Gasteiger partial charge in [-0.25, -0.2) is 8.42 Å². The van der Waals surface area contributed by atoms with E-state index >= 15 is 0 Å². The zero-order valence-electron chi connectivity index (χ0n) is 15.3. The number of hydrogen-bond acceptors (Lipinski definition) is 5. The van der Waals surface area contributed by atoms with Crippen LogP contribution in [0.15, 0.2) is 53.4 Å². The van der Waals surface area contributed by atoms with E-state index < -0.39 is 10.0 Å². The first-order valence-electron chi connectivity index (χ1n) is 8.92. The van der Waals surface area contributed by atoms with E-state index in [0.717, 1.165) is 17.9 Å². The van der Waals surface area contributed by atoms with Crippen molar-refractivity contribution >= 4 is 10.0 Å². The molecule has 0 N–H and O–H groups in total. The van der Waals surface area contributed by atoms with Gasteiger partial charge in [0.2, 0.25) is 10.0 Å². The summed E-state index contributed by atoms with van der Waals surface area (Å²) in [6, 6.07) is 16.2. The maximum absolute atomic E-state index is 12.8. The van der Waals surface area contributed by atoms with Crippen molar-refractivity contribution < 1.29 is 13.2 Å². The molecule has 7 heteroatoms. The van der Waals surface area contributed by atoms with E-state index in [4.69, 9.17) is 4.74 Å². The normalized spacial score (nSPS) is 16.0. The number of ether oxygens (including phenoxy) is 1. The van der Waals surface area contributed by atoms with E-state index in [1.54, 1.807) is 12.1 Å². The molecule has 0 spiro atoms. The highest BCUT2D eigenvalue weighted by atomic mass is 32.2. The van der Waals surface area contributed by atoms with E-state index in [1.807, 2.05) is 37.3 Å². The zero-order valence-corrected chi connectivity index (χ0v) is 16.2. The van der Waals surface area contributed by atoms with Gasteiger partial charge in [0.15, 0.2) is 0 Å². The standard InChI is InChI=1S/C20H23N3O3S/c1-17-5-4-7-19(15-17)26-14-13-22-9-11-23(12-10-22)27(24,25)20-8-3-2-6-18(20)16-21/h2-8,15H,9-14H2,1H3. The molecular formula is C20H23N3O3S. The predicted octanol–water partition coefficient (Wildman–Crippen LogP) is 2.25. The lowest BCUT2D eigenvalue weighted by molar-refractivity contribution is 0.159. The summed E-state index contributed by atoms with van der Waals surface area (Å²) in [6.07, 6.45) is 0. The van der Waals surface area contributed by atoms with Crippen molar-refractivity contribution in [1.29, 1.82) is 5.26 Å². The first kappa shape index (κ1) is 19.4. The maximum Gasteiger partial charge on any atom is 0.244 e. The Kier molecular flexibility index (Phi) is 6.11. The van der Waals surface area contributed by atoms with Gasteiger partial charge in [-0.15, -0.1) is 0 Å². The fraction of sp³-hybridized carbons (Fsp3) is 0.350. The number of sulfonamides is 1. The predicted molar refractivity (Wildman–Crippen MR) is 103 cm³/mol. The van der Waals surface area contributed by atoms with Crippen LogP contribution < -0.4 is 4.74 Å². The molecule has 0 saturated carbocycles. The molecule has 1 saturated heterocycles. The molecule has 27 heavy (non-hydrogen) atoms. The smallest absolute Gasteiger partial charge is 0.244 e. The van der Waals surface area contributed by atoms with Gasteiger partial charge in [-0.1, -0.05) is 24.3 Å². The second kappa shape index (κ2) is 8.53. The molecular weight excluding hydrogens is 362 g/mol. The van der Waals surface area contributed by atoms with Gasteiger partial charge in [0, 0.05) is 32.7 Å². The van der Waals surface area contributed by atoms with Gasteiger partial charge in [-0.3, -0.25) is 4.90 Å². The highest BCUT2D eigenvalue weighted by Gasteiger charge is 2.30. The van der Waals surface area contributed by atoms with Gasteiger partial charge in [-0.05, 0) is 36.8 Å². The highest BCUT2D eigenvalue weighted by molar-refractivity contribution is 7.89. The number of nitrogens with zero attached hydrogens (tertiary/aromatic N) is 3. The molecule has 0 radical (unpaired) electrons. The summed E-state index contributed by atoms with van der Waals surface area (Å²) in [4.78, 5) is 2.28. The van der Waals surface area contributed by atoms with E-state index in [-0.39, 0.29) is 10.5 Å². The van der Waals surface area contributed by atoms with Crippen molar-refractivity contribution in [2.24, 2.45) is 0 Å². The number of hydrogen-bond donors (Lipinski definition) is 0. The second-order valence-corrected chi connectivity index (χ2v) is 8.43. The Morgan fingerprint density at radius 1 is 1.07 bits per heavy atom. The quantitative estimate of drug-likeness (QED) is 0.763. The lowest BCUT2D eigenvalue weighted by atomic mass is 10.2. The maximum atomic E-state index is 12.8. The number of piperazine rings is 1. The summed E-state index contributed by atoms with van der Waals surface area (Å²) >= 11 is 0. The molecule has 0 unspecified atom stereocenters. The number of nitriles is 1. The van der Waals surface area contributed by atoms with E-state index in [1.165, 1.54) is 16.4 Å². The lowest BCUT2D eigenvalue weighted by Gasteiger charge is -2.34. The Morgan fingerprint density at radius 2 is 1.81 bits per heavy atom. The Bertz CT molecular complexity index is 929. The van der Waals surface area contributed by atoms with Crippen molar-refractivity contribution in [1.82, 2.24) is 9.21 Å². The molecule has 0 amide bonds. The van der Waals surface area contributed by atoms with Crippen LogP contribution in [0.25, 0.3) is 0 Å². The lowest BCUT2D eigenvalue weighted by Crippen LogP contribution is -2.49. The van der Waals surface area contributed by atoms with E-state index in [2.05, 4.69) is 4.90 Å². The molecule has 1 aliphatic rings. The summed E-state index contributed by atoms with van der Waals surface area (Å²) < 4.78 is 32.9. The molecule has 2 aromatic carbocycles. The van der Waals surface area contributed by atoms with Crippen molar-refractivity contribution in [2.75, 3.05) is 39.3 Å². The Labute approximate surface area is 160 Å². The Morgan fingerprint density at radius 3 is 2.52 bits per heavy atom. The third-order valence-corrected chi connectivity index (χ3v) is 6.58. The van der Waals surface area contributed by atoms with Gasteiger partial charge in [0.25, 0.3) is 0 Å². The zero-order chi connectivity index (χ0) is 19.3. The van der Waals surface area contributed by atoms with Crippen molar-refractivity contribution in [3.8, 4) is 11.8 Å². The summed E-state index contributed by atoms with van der Waals surface area (Å²) in [7, 11) is -3.64. The first-order chi connectivity index (χ1) is 13.0. The summed E-state index contributed by atoms with van der Waals surface area (Å²) in [5.74, 6) is 0.851. The van der Waals surface area contributed by atoms with Crippen molar-refractivity contribution in [2.45, 2.75) is 11.8 Å². The van der Waals surface area contributed by atoms with E-state index in [9.17, 15) is 13.7 Å². The molecule has 0 atom stereocenters. The van der Waals surface area contributed by atoms with Crippen LogP contribution in [-0.4, -0.2) is 57.0 Å². The number of rotatable bonds is 6. The molecule has 0 bridgehead atoms. The molecule has 2 aromatic rings. The second-order valence-electron chi connectivity index (χ2n) is 6.52. The van der Waals surface area contributed by atoms with Gasteiger partial charge in [0.1, 0.15) is 18.4 Å². The van der Waals surface area contributed by atoms with Gasteiger partial charge in [0.05, 0.1) is 10.5 Å². The minimum atomic E-state index is -3.64. The average Bonchev–Trinajstić information content (AvgIpc) is 2.68. The van der Waals surface area contributed by atoms with Crippen LogP contribution >= 0.6 is 0 Å². The Hall–Kier alpha value is -2.40. The fourth-order valence-electron chi connectivity index (χ4n) is 3.11. The minimum Gasteiger partial charge on any atom is -0.492 e. The van der Waals surface area contributed by atoms with Crippen LogP contribution in [-0.2, 0) is 10.0 Å². The van der Waals surface area contributed by atoms with Gasteiger partial charge >= 0.3 is 0 Å². The Balaban J connectivity index is 1.53. The largest absolute Gasteiger partial charge is 0.492 e. The van der Waals surface area contributed by atoms with Crippen LogP contribution in [0.3, 0.4) is 0 Å². The van der Waals surface area contributed by atoms with Gasteiger partial charge in [-0.2, -0.15) is 9.57 Å². The fourth-order valence-corrected chi connectivity index (χ4v) is 4.68. The topological polar surface area (TPSA) is 73.6 Å². The number of aryl methyl sites for hydroxylation is 1. The van der Waals surface area contributed by atoms with Crippen LogP contribution in [0, 0.1) is 18.3 Å². The summed E-state index contributed by atoms with van der Waals surface area (Å²) in [5.41, 5.74) is 1.34.